The molecule has 4 rings (SSSR count). The Bertz CT molecular complexity index is 839. The SMILES string of the molecule is CC(C)c1ccc2c(c1)C1(CC(=O)Nc3[nH]ncc31)C(=O)N2C. The average molecular weight is 310 g/mol. The number of rotatable bonds is 1. The van der Waals surface area contributed by atoms with Crippen molar-refractivity contribution in [3.05, 3.63) is 41.1 Å². The summed E-state index contributed by atoms with van der Waals surface area (Å²) in [6.45, 7) is 4.23. The van der Waals surface area contributed by atoms with Crippen molar-refractivity contribution in [2.45, 2.75) is 31.6 Å². The monoisotopic (exact) mass is 310 g/mol. The lowest BCUT2D eigenvalue weighted by Gasteiger charge is -2.31. The number of anilines is 2. The Morgan fingerprint density at radius 1 is 1.26 bits per heavy atom. The second-order valence-electron chi connectivity index (χ2n) is 6.58. The summed E-state index contributed by atoms with van der Waals surface area (Å²) < 4.78 is 0. The second kappa shape index (κ2) is 4.44. The zero-order valence-corrected chi connectivity index (χ0v) is 13.3. The first-order valence-corrected chi connectivity index (χ1v) is 7.71. The molecule has 1 aromatic heterocycles. The number of nitrogens with one attached hydrogen (secondary N) is 2. The van der Waals surface area contributed by atoms with Crippen LogP contribution in [0.5, 0.6) is 0 Å². The van der Waals surface area contributed by atoms with E-state index in [0.717, 1.165) is 22.4 Å². The third kappa shape index (κ3) is 1.66. The molecule has 6 heteroatoms. The topological polar surface area (TPSA) is 78.1 Å². The van der Waals surface area contributed by atoms with E-state index in [9.17, 15) is 9.59 Å². The molecule has 1 spiro atoms. The average Bonchev–Trinajstić information content (AvgIpc) is 3.06. The molecule has 2 aliphatic rings. The summed E-state index contributed by atoms with van der Waals surface area (Å²) in [5.41, 5.74) is 2.69. The number of aromatic amines is 1. The van der Waals surface area contributed by atoms with Gasteiger partial charge in [0, 0.05) is 24.7 Å². The number of aromatic nitrogens is 2. The molecular formula is C17H18N4O2. The van der Waals surface area contributed by atoms with Gasteiger partial charge < -0.3 is 10.2 Å². The van der Waals surface area contributed by atoms with Gasteiger partial charge in [-0.05, 0) is 23.1 Å². The maximum absolute atomic E-state index is 13.1. The minimum atomic E-state index is -0.973. The van der Waals surface area contributed by atoms with Crippen LogP contribution < -0.4 is 10.2 Å². The first kappa shape index (κ1) is 14.0. The van der Waals surface area contributed by atoms with E-state index in [2.05, 4.69) is 35.4 Å². The first-order valence-electron chi connectivity index (χ1n) is 7.71. The summed E-state index contributed by atoms with van der Waals surface area (Å²) in [7, 11) is 1.76. The number of hydrogen-bond acceptors (Lipinski definition) is 3. The van der Waals surface area contributed by atoms with Crippen LogP contribution in [0.15, 0.2) is 24.4 Å². The number of hydrogen-bond donors (Lipinski definition) is 2. The van der Waals surface area contributed by atoms with Crippen LogP contribution in [0.3, 0.4) is 0 Å². The highest BCUT2D eigenvalue weighted by Gasteiger charge is 2.55. The molecule has 1 aromatic carbocycles. The zero-order valence-electron chi connectivity index (χ0n) is 13.3. The highest BCUT2D eigenvalue weighted by molar-refractivity contribution is 6.15. The Labute approximate surface area is 133 Å². The van der Waals surface area contributed by atoms with Crippen LogP contribution in [-0.4, -0.2) is 29.1 Å². The Kier molecular flexibility index (Phi) is 2.70. The van der Waals surface area contributed by atoms with Gasteiger partial charge in [0.05, 0.1) is 6.20 Å². The van der Waals surface area contributed by atoms with Crippen molar-refractivity contribution in [2.75, 3.05) is 17.3 Å². The van der Waals surface area contributed by atoms with Gasteiger partial charge in [0.25, 0.3) is 0 Å². The first-order chi connectivity index (χ1) is 10.9. The van der Waals surface area contributed by atoms with Gasteiger partial charge >= 0.3 is 0 Å². The quantitative estimate of drug-likeness (QED) is 0.847. The third-order valence-corrected chi connectivity index (χ3v) is 4.97. The lowest BCUT2D eigenvalue weighted by Crippen LogP contribution is -2.45. The molecule has 1 unspecified atom stereocenters. The molecule has 0 radical (unpaired) electrons. The summed E-state index contributed by atoms with van der Waals surface area (Å²) in [5, 5.41) is 9.59. The standard InChI is InChI=1S/C17H18N4O2/c1-9(2)10-4-5-13-11(6-10)17(16(23)21(13)3)7-14(22)19-15-12(17)8-18-20-15/h4-6,8-9H,7H2,1-3H3,(H2,18,19,20,22). The van der Waals surface area contributed by atoms with E-state index in [0.29, 0.717) is 11.7 Å². The van der Waals surface area contributed by atoms with Crippen molar-refractivity contribution >= 4 is 23.3 Å². The van der Waals surface area contributed by atoms with Gasteiger partial charge in [-0.3, -0.25) is 14.7 Å². The zero-order chi connectivity index (χ0) is 16.4. The molecule has 0 bridgehead atoms. The molecular weight excluding hydrogens is 292 g/mol. The lowest BCUT2D eigenvalue weighted by atomic mass is 9.71. The molecule has 0 aliphatic carbocycles. The highest BCUT2D eigenvalue weighted by Crippen LogP contribution is 2.51. The molecule has 6 nitrogen and oxygen atoms in total. The number of amides is 2. The molecule has 23 heavy (non-hydrogen) atoms. The van der Waals surface area contributed by atoms with Gasteiger partial charge in [-0.25, -0.2) is 0 Å². The fourth-order valence-corrected chi connectivity index (χ4v) is 3.71. The van der Waals surface area contributed by atoms with Crippen LogP contribution in [0, 0.1) is 0 Å². The summed E-state index contributed by atoms with van der Waals surface area (Å²) in [5.74, 6) is 0.614. The molecule has 2 amide bonds. The fraction of sp³-hybridized carbons (Fsp3) is 0.353. The molecule has 0 fully saturated rings. The summed E-state index contributed by atoms with van der Waals surface area (Å²) in [4.78, 5) is 27.0. The molecule has 1 atom stereocenters. The van der Waals surface area contributed by atoms with E-state index in [1.807, 2.05) is 12.1 Å². The Morgan fingerprint density at radius 3 is 2.78 bits per heavy atom. The van der Waals surface area contributed by atoms with Gasteiger partial charge in [0.1, 0.15) is 11.2 Å². The minimum Gasteiger partial charge on any atom is -0.314 e. The summed E-state index contributed by atoms with van der Waals surface area (Å²) in [6, 6.07) is 6.09. The van der Waals surface area contributed by atoms with Crippen LogP contribution in [-0.2, 0) is 15.0 Å². The van der Waals surface area contributed by atoms with Gasteiger partial charge in [-0.2, -0.15) is 5.10 Å². The molecule has 118 valence electrons. The van der Waals surface area contributed by atoms with Crippen molar-refractivity contribution in [1.29, 1.82) is 0 Å². The van der Waals surface area contributed by atoms with Gasteiger partial charge in [-0.15, -0.1) is 0 Å². The number of carbonyl (C=O) groups excluding carboxylic acids is 2. The van der Waals surface area contributed by atoms with E-state index in [-0.39, 0.29) is 18.2 Å². The molecule has 2 aromatic rings. The van der Waals surface area contributed by atoms with Crippen LogP contribution in [0.4, 0.5) is 11.5 Å². The number of likely N-dealkylation sites (N-methyl/N-ethyl adjacent to an activating group) is 1. The van der Waals surface area contributed by atoms with Gasteiger partial charge in [0.2, 0.25) is 11.8 Å². The van der Waals surface area contributed by atoms with E-state index in [1.165, 1.54) is 0 Å². The van der Waals surface area contributed by atoms with Crippen LogP contribution in [0.25, 0.3) is 0 Å². The number of benzene rings is 1. The Hall–Kier alpha value is -2.63. The van der Waals surface area contributed by atoms with Crippen molar-refractivity contribution in [3.63, 3.8) is 0 Å². The molecule has 2 aliphatic heterocycles. The Morgan fingerprint density at radius 2 is 2.04 bits per heavy atom. The van der Waals surface area contributed by atoms with E-state index in [4.69, 9.17) is 0 Å². The molecule has 2 N–H and O–H groups in total. The molecule has 0 saturated heterocycles. The molecule has 3 heterocycles. The van der Waals surface area contributed by atoms with E-state index < -0.39 is 5.41 Å². The number of nitrogens with zero attached hydrogens (tertiary/aromatic N) is 2. The predicted molar refractivity (Wildman–Crippen MR) is 86.6 cm³/mol. The Balaban J connectivity index is 2.03. The van der Waals surface area contributed by atoms with Crippen molar-refractivity contribution in [3.8, 4) is 0 Å². The summed E-state index contributed by atoms with van der Waals surface area (Å²) in [6.07, 6.45) is 1.76. The fourth-order valence-electron chi connectivity index (χ4n) is 3.71. The minimum absolute atomic E-state index is 0.0779. The van der Waals surface area contributed by atoms with Crippen molar-refractivity contribution < 1.29 is 9.59 Å². The maximum Gasteiger partial charge on any atom is 0.242 e. The number of fused-ring (bicyclic) bond motifs is 4. The predicted octanol–water partition coefficient (Wildman–Crippen LogP) is 2.14. The van der Waals surface area contributed by atoms with Crippen LogP contribution in [0.1, 0.15) is 42.9 Å². The number of carbonyl (C=O) groups is 2. The normalized spacial score (nSPS) is 22.5. The second-order valence-corrected chi connectivity index (χ2v) is 6.58. The van der Waals surface area contributed by atoms with Crippen molar-refractivity contribution in [1.82, 2.24) is 10.2 Å². The van der Waals surface area contributed by atoms with Gasteiger partial charge in [0.15, 0.2) is 0 Å². The van der Waals surface area contributed by atoms with Gasteiger partial charge in [-0.1, -0.05) is 26.0 Å². The van der Waals surface area contributed by atoms with E-state index in [1.54, 1.807) is 18.1 Å². The van der Waals surface area contributed by atoms with Crippen LogP contribution in [0.2, 0.25) is 0 Å². The summed E-state index contributed by atoms with van der Waals surface area (Å²) >= 11 is 0. The maximum atomic E-state index is 13.1. The van der Waals surface area contributed by atoms with E-state index >= 15 is 0 Å². The molecule has 0 saturated carbocycles. The smallest absolute Gasteiger partial charge is 0.242 e. The van der Waals surface area contributed by atoms with Crippen molar-refractivity contribution in [2.24, 2.45) is 0 Å². The van der Waals surface area contributed by atoms with Crippen LogP contribution >= 0.6 is 0 Å². The highest BCUT2D eigenvalue weighted by atomic mass is 16.2. The third-order valence-electron chi connectivity index (χ3n) is 4.97. The number of H-pyrrole nitrogens is 1. The lowest BCUT2D eigenvalue weighted by molar-refractivity contribution is -0.126. The largest absolute Gasteiger partial charge is 0.314 e.